The summed E-state index contributed by atoms with van der Waals surface area (Å²) < 4.78 is 1.09. The molecule has 24 heavy (non-hydrogen) atoms. The molecule has 0 atom stereocenters. The van der Waals surface area contributed by atoms with E-state index in [1.54, 1.807) is 0 Å². The van der Waals surface area contributed by atoms with Crippen LogP contribution in [0.25, 0.3) is 0 Å². The summed E-state index contributed by atoms with van der Waals surface area (Å²) in [6, 6.07) is 0. The minimum atomic E-state index is 1.09. The molecule has 0 saturated carbocycles. The predicted molar refractivity (Wildman–Crippen MR) is 120 cm³/mol. The third-order valence-corrected chi connectivity index (χ3v) is 5.59. The molecule has 0 spiro atoms. The first-order valence-corrected chi connectivity index (χ1v) is 12.7. The lowest BCUT2D eigenvalue weighted by Gasteiger charge is -2.04. The van der Waals surface area contributed by atoms with Gasteiger partial charge in [0.1, 0.15) is 0 Å². The van der Waals surface area contributed by atoms with Crippen molar-refractivity contribution in [2.24, 2.45) is 0 Å². The second kappa shape index (κ2) is 23.7. The molecule has 0 aliphatic rings. The van der Waals surface area contributed by atoms with Crippen LogP contribution in [0.3, 0.4) is 0 Å². The van der Waals surface area contributed by atoms with Crippen molar-refractivity contribution in [3.05, 3.63) is 0 Å². The zero-order valence-electron chi connectivity index (χ0n) is 16.7. The Balaban J connectivity index is 2.93. The summed E-state index contributed by atoms with van der Waals surface area (Å²) in [4.78, 5) is 0. The van der Waals surface area contributed by atoms with Gasteiger partial charge in [0.25, 0.3) is 0 Å². The average molecular weight is 452 g/mol. The van der Waals surface area contributed by atoms with Crippen molar-refractivity contribution in [1.29, 1.82) is 0 Å². The van der Waals surface area contributed by atoms with Crippen LogP contribution in [-0.4, -0.2) is 11.1 Å². The highest BCUT2D eigenvalue weighted by atomic mass is 127. The fourth-order valence-electron chi connectivity index (χ4n) is 3.40. The molecule has 0 aromatic carbocycles. The maximum atomic E-state index is 3.39. The number of rotatable bonds is 21. The van der Waals surface area contributed by atoms with Crippen LogP contribution < -0.4 is 5.32 Å². The summed E-state index contributed by atoms with van der Waals surface area (Å²) in [6.07, 6.45) is 27.7. The molecule has 0 amide bonds. The summed E-state index contributed by atoms with van der Waals surface area (Å²) in [7, 11) is 0. The lowest BCUT2D eigenvalue weighted by atomic mass is 10.0. The van der Waals surface area contributed by atoms with E-state index in [1.165, 1.54) is 129 Å². The van der Waals surface area contributed by atoms with Gasteiger partial charge in [-0.3, -0.25) is 0 Å². The molecule has 1 N–H and O–H groups in total. The maximum absolute atomic E-state index is 3.39. The molecule has 0 aliphatic carbocycles. The molecule has 2 heteroatoms. The minimum Gasteiger partial charge on any atom is -0.308 e. The van der Waals surface area contributed by atoms with E-state index in [1.807, 2.05) is 0 Å². The van der Waals surface area contributed by atoms with Crippen LogP contribution in [0.4, 0.5) is 0 Å². The van der Waals surface area contributed by atoms with E-state index in [0.29, 0.717) is 0 Å². The lowest BCUT2D eigenvalue weighted by molar-refractivity contribution is 0.522. The van der Waals surface area contributed by atoms with Gasteiger partial charge in [0, 0.05) is 4.55 Å². The Morgan fingerprint density at radius 3 is 1.04 bits per heavy atom. The van der Waals surface area contributed by atoms with Crippen LogP contribution in [0.2, 0.25) is 0 Å². The van der Waals surface area contributed by atoms with Crippen LogP contribution in [0.5, 0.6) is 0 Å². The quantitative estimate of drug-likeness (QED) is 0.0799. The van der Waals surface area contributed by atoms with E-state index in [0.717, 1.165) is 4.55 Å². The SMILES string of the molecule is CCCCCCCCCCCCCCCCCCCCCNCI. The largest absolute Gasteiger partial charge is 0.308 e. The highest BCUT2D eigenvalue weighted by molar-refractivity contribution is 14.1. The Bertz CT molecular complexity index is 186. The number of hydrogen-bond donors (Lipinski definition) is 1. The zero-order chi connectivity index (χ0) is 17.6. The van der Waals surface area contributed by atoms with E-state index in [9.17, 15) is 0 Å². The van der Waals surface area contributed by atoms with Gasteiger partial charge in [0.2, 0.25) is 0 Å². The Morgan fingerprint density at radius 1 is 0.458 bits per heavy atom. The second-order valence-corrected chi connectivity index (χ2v) is 8.26. The molecule has 0 saturated heterocycles. The number of unbranched alkanes of at least 4 members (excludes halogenated alkanes) is 18. The molecule has 0 bridgehead atoms. The van der Waals surface area contributed by atoms with Crippen molar-refractivity contribution in [3.8, 4) is 0 Å². The van der Waals surface area contributed by atoms with E-state index >= 15 is 0 Å². The van der Waals surface area contributed by atoms with Crippen molar-refractivity contribution in [2.75, 3.05) is 11.1 Å². The molecule has 0 heterocycles. The topological polar surface area (TPSA) is 12.0 Å². The molecule has 146 valence electrons. The Morgan fingerprint density at radius 2 is 0.750 bits per heavy atom. The molecule has 0 aromatic heterocycles. The maximum Gasteiger partial charge on any atom is 0.0479 e. The average Bonchev–Trinajstić information content (AvgIpc) is 2.60. The smallest absolute Gasteiger partial charge is 0.0479 e. The highest BCUT2D eigenvalue weighted by Crippen LogP contribution is 2.14. The monoisotopic (exact) mass is 451 g/mol. The third kappa shape index (κ3) is 22.7. The van der Waals surface area contributed by atoms with Crippen LogP contribution >= 0.6 is 22.6 Å². The molecular weight excluding hydrogens is 405 g/mol. The number of halogens is 1. The summed E-state index contributed by atoms with van der Waals surface area (Å²) in [5.74, 6) is 0. The van der Waals surface area contributed by atoms with E-state index in [4.69, 9.17) is 0 Å². The van der Waals surface area contributed by atoms with Gasteiger partial charge < -0.3 is 5.32 Å². The molecular formula is C22H46IN. The molecule has 0 aromatic rings. The number of nitrogens with one attached hydrogen (secondary N) is 1. The Labute approximate surface area is 167 Å². The van der Waals surface area contributed by atoms with Crippen molar-refractivity contribution in [1.82, 2.24) is 5.32 Å². The third-order valence-electron chi connectivity index (χ3n) is 5.05. The van der Waals surface area contributed by atoms with Gasteiger partial charge >= 0.3 is 0 Å². The summed E-state index contributed by atoms with van der Waals surface area (Å²) in [5.41, 5.74) is 0. The van der Waals surface area contributed by atoms with Gasteiger partial charge in [0.05, 0.1) is 0 Å². The first-order chi connectivity index (χ1) is 11.9. The molecule has 0 unspecified atom stereocenters. The van der Waals surface area contributed by atoms with Gasteiger partial charge in [-0.15, -0.1) is 0 Å². The summed E-state index contributed by atoms with van der Waals surface area (Å²) >= 11 is 2.38. The van der Waals surface area contributed by atoms with Crippen LogP contribution in [0, 0.1) is 0 Å². The lowest BCUT2D eigenvalue weighted by Crippen LogP contribution is -2.11. The predicted octanol–water partition coefficient (Wildman–Crippen LogP) is 8.40. The molecule has 0 fully saturated rings. The molecule has 0 radical (unpaired) electrons. The molecule has 0 rings (SSSR count). The Hall–Kier alpha value is 0.690. The zero-order valence-corrected chi connectivity index (χ0v) is 18.9. The van der Waals surface area contributed by atoms with Crippen molar-refractivity contribution in [3.63, 3.8) is 0 Å². The van der Waals surface area contributed by atoms with Crippen molar-refractivity contribution in [2.45, 2.75) is 129 Å². The van der Waals surface area contributed by atoms with E-state index in [-0.39, 0.29) is 0 Å². The minimum absolute atomic E-state index is 1.09. The van der Waals surface area contributed by atoms with Gasteiger partial charge in [-0.05, 0) is 13.0 Å². The fourth-order valence-corrected chi connectivity index (χ4v) is 3.78. The first kappa shape index (κ1) is 24.7. The van der Waals surface area contributed by atoms with Crippen LogP contribution in [0.1, 0.15) is 129 Å². The number of hydrogen-bond acceptors (Lipinski definition) is 1. The van der Waals surface area contributed by atoms with Gasteiger partial charge in [0.15, 0.2) is 0 Å². The summed E-state index contributed by atoms with van der Waals surface area (Å²) in [6.45, 7) is 3.51. The fraction of sp³-hybridized carbons (Fsp3) is 1.00. The molecule has 0 aliphatic heterocycles. The number of alkyl halides is 1. The van der Waals surface area contributed by atoms with Crippen molar-refractivity contribution < 1.29 is 0 Å². The molecule has 1 nitrogen and oxygen atoms in total. The van der Waals surface area contributed by atoms with Gasteiger partial charge in [-0.2, -0.15) is 0 Å². The normalized spacial score (nSPS) is 11.2. The van der Waals surface area contributed by atoms with Gasteiger partial charge in [-0.25, -0.2) is 0 Å². The standard InChI is InChI=1S/C22H46IN/c1-2-3-4-5-6-7-8-9-10-11-12-13-14-15-16-17-18-19-20-21-24-22-23/h24H,2-22H2,1H3. The van der Waals surface area contributed by atoms with E-state index in [2.05, 4.69) is 34.8 Å². The Kier molecular flexibility index (Phi) is 24.4. The van der Waals surface area contributed by atoms with Crippen LogP contribution in [0.15, 0.2) is 0 Å². The summed E-state index contributed by atoms with van der Waals surface area (Å²) in [5, 5.41) is 3.39. The second-order valence-electron chi connectivity index (χ2n) is 7.50. The van der Waals surface area contributed by atoms with E-state index < -0.39 is 0 Å². The first-order valence-electron chi connectivity index (χ1n) is 11.2. The van der Waals surface area contributed by atoms with Crippen LogP contribution in [-0.2, 0) is 0 Å². The highest BCUT2D eigenvalue weighted by Gasteiger charge is 1.95. The van der Waals surface area contributed by atoms with Crippen molar-refractivity contribution >= 4 is 22.6 Å². The van der Waals surface area contributed by atoms with Gasteiger partial charge in [-0.1, -0.05) is 145 Å².